The molecule has 2 saturated heterocycles. The minimum atomic E-state index is -1.41. The summed E-state index contributed by atoms with van der Waals surface area (Å²) in [7, 11) is 0. The predicted octanol–water partition coefficient (Wildman–Crippen LogP) is 2.29. The molecule has 1 aromatic rings. The number of aliphatic hydroxyl groups is 1. The first-order valence-electron chi connectivity index (χ1n) is 15.1. The van der Waals surface area contributed by atoms with Crippen LogP contribution in [-0.2, 0) is 28.7 Å². The van der Waals surface area contributed by atoms with E-state index in [-0.39, 0.29) is 31.4 Å². The molecule has 1 aromatic carbocycles. The first-order valence-corrected chi connectivity index (χ1v) is 15.1. The lowest BCUT2D eigenvalue weighted by atomic mass is 9.78. The number of hydrogen-bond donors (Lipinski definition) is 2. The molecule has 10 nitrogen and oxygen atoms in total. The van der Waals surface area contributed by atoms with Crippen LogP contribution in [0.4, 0.5) is 0 Å². The molecule has 0 saturated carbocycles. The third-order valence-electron chi connectivity index (χ3n) is 8.84. The zero-order chi connectivity index (χ0) is 29.9. The van der Waals surface area contributed by atoms with Gasteiger partial charge in [0.05, 0.1) is 31.2 Å². The molecule has 10 heteroatoms. The summed E-state index contributed by atoms with van der Waals surface area (Å²) in [5, 5.41) is 13.0. The van der Waals surface area contributed by atoms with Crippen molar-refractivity contribution in [2.24, 2.45) is 11.8 Å². The van der Waals surface area contributed by atoms with Crippen LogP contribution < -0.4 is 5.32 Å². The Labute approximate surface area is 246 Å². The van der Waals surface area contributed by atoms with Crippen molar-refractivity contribution in [2.75, 3.05) is 26.2 Å². The molecular weight excluding hydrogens is 538 g/mol. The highest BCUT2D eigenvalue weighted by molar-refractivity contribution is 5.99. The quantitative estimate of drug-likeness (QED) is 0.289. The molecule has 42 heavy (non-hydrogen) atoms. The molecule has 7 atom stereocenters. The molecule has 4 heterocycles. The number of cyclic esters (lactones) is 1. The number of benzene rings is 1. The first kappa shape index (κ1) is 30.0. The monoisotopic (exact) mass is 579 g/mol. The van der Waals surface area contributed by atoms with Crippen LogP contribution in [-0.4, -0.2) is 88.6 Å². The van der Waals surface area contributed by atoms with Crippen LogP contribution in [0.2, 0.25) is 0 Å². The summed E-state index contributed by atoms with van der Waals surface area (Å²) in [6.07, 6.45) is 9.00. The second-order valence-electron chi connectivity index (χ2n) is 11.6. The van der Waals surface area contributed by atoms with Gasteiger partial charge in [0.15, 0.2) is 0 Å². The molecule has 4 aliphatic rings. The fourth-order valence-corrected chi connectivity index (χ4v) is 6.71. The number of hydrogen-bond acceptors (Lipinski definition) is 7. The van der Waals surface area contributed by atoms with E-state index in [0.29, 0.717) is 25.1 Å². The number of fused-ring (bicyclic) bond motifs is 2. The Bertz CT molecular complexity index is 1230. The maximum atomic E-state index is 14.3. The van der Waals surface area contributed by atoms with Gasteiger partial charge in [0, 0.05) is 19.5 Å². The number of nitrogens with one attached hydrogen (secondary N) is 1. The molecule has 0 aromatic heterocycles. The smallest absolute Gasteiger partial charge is 0.313 e. The van der Waals surface area contributed by atoms with Crippen molar-refractivity contribution >= 4 is 23.7 Å². The lowest BCUT2D eigenvalue weighted by Crippen LogP contribution is -2.57. The number of esters is 1. The number of ether oxygens (including phenoxy) is 2. The molecule has 4 aliphatic heterocycles. The van der Waals surface area contributed by atoms with Crippen LogP contribution in [0, 0.1) is 11.8 Å². The Morgan fingerprint density at radius 2 is 1.88 bits per heavy atom. The van der Waals surface area contributed by atoms with E-state index in [9.17, 15) is 24.3 Å². The van der Waals surface area contributed by atoms with E-state index in [0.717, 1.165) is 19.3 Å². The number of nitrogens with zero attached hydrogens (tertiary/aromatic N) is 2. The summed E-state index contributed by atoms with van der Waals surface area (Å²) in [6.45, 7) is 4.44. The molecule has 3 amide bonds. The van der Waals surface area contributed by atoms with Crippen molar-refractivity contribution in [1.29, 1.82) is 0 Å². The topological polar surface area (TPSA) is 125 Å². The van der Waals surface area contributed by atoms with Gasteiger partial charge in [0.1, 0.15) is 23.7 Å². The minimum absolute atomic E-state index is 0.0850. The maximum Gasteiger partial charge on any atom is 0.313 e. The lowest BCUT2D eigenvalue weighted by Gasteiger charge is -2.37. The van der Waals surface area contributed by atoms with E-state index in [1.165, 1.54) is 4.90 Å². The largest absolute Gasteiger partial charge is 0.455 e. The van der Waals surface area contributed by atoms with E-state index in [1.54, 1.807) is 30.1 Å². The zero-order valence-corrected chi connectivity index (χ0v) is 24.3. The van der Waals surface area contributed by atoms with Gasteiger partial charge in [0.25, 0.3) is 0 Å². The molecule has 0 bridgehead atoms. The van der Waals surface area contributed by atoms with Crippen molar-refractivity contribution < 1.29 is 33.8 Å². The average molecular weight is 580 g/mol. The third-order valence-corrected chi connectivity index (χ3v) is 8.84. The van der Waals surface area contributed by atoms with Gasteiger partial charge in [-0.2, -0.15) is 0 Å². The number of rotatable bonds is 7. The first-order chi connectivity index (χ1) is 20.3. The van der Waals surface area contributed by atoms with E-state index >= 15 is 0 Å². The van der Waals surface area contributed by atoms with Crippen molar-refractivity contribution in [1.82, 2.24) is 15.1 Å². The summed E-state index contributed by atoms with van der Waals surface area (Å²) in [6, 6.07) is 7.45. The number of likely N-dealkylation sites (tertiary alicyclic amines) is 1. The number of amides is 3. The number of allylic oxidation sites excluding steroid dienone is 1. The van der Waals surface area contributed by atoms with E-state index < -0.39 is 53.6 Å². The summed E-state index contributed by atoms with van der Waals surface area (Å²) in [5.41, 5.74) is -0.700. The molecule has 0 radical (unpaired) electrons. The summed E-state index contributed by atoms with van der Waals surface area (Å²) in [4.78, 5) is 58.2. The number of carbonyl (C=O) groups is 4. The average Bonchev–Trinajstić information content (AvgIpc) is 3.39. The number of aliphatic hydroxyl groups excluding tert-OH is 1. The Morgan fingerprint density at radius 1 is 1.10 bits per heavy atom. The van der Waals surface area contributed by atoms with Gasteiger partial charge in [0.2, 0.25) is 17.7 Å². The van der Waals surface area contributed by atoms with Gasteiger partial charge in [-0.15, -0.1) is 0 Å². The lowest BCUT2D eigenvalue weighted by molar-refractivity contribution is -0.160. The molecular formula is C32H41N3O7. The number of unbranched alkanes of at least 4 members (excludes halogenated alkanes) is 2. The summed E-state index contributed by atoms with van der Waals surface area (Å²) < 4.78 is 12.7. The van der Waals surface area contributed by atoms with Crippen LogP contribution in [0.5, 0.6) is 0 Å². The second kappa shape index (κ2) is 12.8. The van der Waals surface area contributed by atoms with Gasteiger partial charge in [-0.1, -0.05) is 74.4 Å². The highest BCUT2D eigenvalue weighted by atomic mass is 16.6. The van der Waals surface area contributed by atoms with Crippen LogP contribution >= 0.6 is 0 Å². The SMILES string of the molecule is CCCCCN1CC=C[C@]23O[C@@H]4/C=C\CCC(=O)NC[C@@H](c5ccccc5)OC(=O)[C@@H]4[C@H]2C(=O)N([C@H](C)CO)[C@@H]3C1=O. The van der Waals surface area contributed by atoms with Gasteiger partial charge in [-0.3, -0.25) is 19.2 Å². The van der Waals surface area contributed by atoms with Gasteiger partial charge in [-0.25, -0.2) is 0 Å². The Balaban J connectivity index is 1.56. The predicted molar refractivity (Wildman–Crippen MR) is 154 cm³/mol. The van der Waals surface area contributed by atoms with Crippen molar-refractivity contribution in [3.8, 4) is 0 Å². The van der Waals surface area contributed by atoms with E-state index in [4.69, 9.17) is 9.47 Å². The molecule has 226 valence electrons. The molecule has 0 aliphatic carbocycles. The Kier molecular flexibility index (Phi) is 9.13. The van der Waals surface area contributed by atoms with Crippen molar-refractivity contribution in [3.63, 3.8) is 0 Å². The van der Waals surface area contributed by atoms with Crippen molar-refractivity contribution in [3.05, 3.63) is 60.2 Å². The summed E-state index contributed by atoms with van der Waals surface area (Å²) >= 11 is 0. The second-order valence-corrected chi connectivity index (χ2v) is 11.6. The normalized spacial score (nSPS) is 33.0. The van der Waals surface area contributed by atoms with Crippen LogP contribution in [0.25, 0.3) is 0 Å². The number of carbonyl (C=O) groups excluding carboxylic acids is 4. The maximum absolute atomic E-state index is 14.3. The standard InChI is InChI=1S/C32H41N3O7/c1-3-4-10-17-34-18-11-16-32-27(29(38)35(21(2)20-36)28(32)30(34)39)26-23(42-32)14-8-9-15-25(37)33-19-24(41-31(26)40)22-12-6-5-7-13-22/h5-8,11-14,16,21,23-24,26-28,36H,3-4,9-10,15,17-20H2,1-2H3,(H,33,37)/b14-8-/t21-,23-,24+,26+,27+,28-,32+/m1/s1. The highest BCUT2D eigenvalue weighted by Gasteiger charge is 2.72. The van der Waals surface area contributed by atoms with Crippen LogP contribution in [0.15, 0.2) is 54.6 Å². The molecule has 2 fully saturated rings. The third kappa shape index (κ3) is 5.49. The van der Waals surface area contributed by atoms with Gasteiger partial charge < -0.3 is 29.7 Å². The Morgan fingerprint density at radius 3 is 2.62 bits per heavy atom. The van der Waals surface area contributed by atoms with Crippen molar-refractivity contribution in [2.45, 2.75) is 75.8 Å². The molecule has 2 N–H and O–H groups in total. The van der Waals surface area contributed by atoms with Crippen LogP contribution in [0.1, 0.15) is 57.6 Å². The zero-order valence-electron chi connectivity index (χ0n) is 24.3. The van der Waals surface area contributed by atoms with Gasteiger partial charge >= 0.3 is 5.97 Å². The van der Waals surface area contributed by atoms with E-state index in [1.807, 2.05) is 36.4 Å². The minimum Gasteiger partial charge on any atom is -0.455 e. The van der Waals surface area contributed by atoms with Gasteiger partial charge in [-0.05, 0) is 25.3 Å². The van der Waals surface area contributed by atoms with Crippen LogP contribution in [0.3, 0.4) is 0 Å². The molecule has 1 spiro atoms. The summed E-state index contributed by atoms with van der Waals surface area (Å²) in [5.74, 6) is -3.52. The highest BCUT2D eigenvalue weighted by Crippen LogP contribution is 2.53. The fourth-order valence-electron chi connectivity index (χ4n) is 6.71. The molecule has 0 unspecified atom stereocenters. The fraction of sp³-hybridized carbons (Fsp3) is 0.562. The Hall–Kier alpha value is -3.50. The van der Waals surface area contributed by atoms with E-state index in [2.05, 4.69) is 12.2 Å². The molecule has 5 rings (SSSR count).